The van der Waals surface area contributed by atoms with Gasteiger partial charge in [-0.2, -0.15) is 4.98 Å². The maximum atomic E-state index is 5.41. The Morgan fingerprint density at radius 1 is 1.56 bits per heavy atom. The molecule has 16 heavy (non-hydrogen) atoms. The zero-order valence-corrected chi connectivity index (χ0v) is 10.4. The predicted octanol–water partition coefficient (Wildman–Crippen LogP) is 0.680. The highest BCUT2D eigenvalue weighted by Gasteiger charge is 2.19. The summed E-state index contributed by atoms with van der Waals surface area (Å²) < 4.78 is 5.37. The number of nitrogens with two attached hydrogens (primary N) is 1. The molecule has 0 bridgehead atoms. The molecule has 0 aliphatic heterocycles. The molecule has 0 aliphatic rings. The van der Waals surface area contributed by atoms with Crippen LogP contribution in [0.4, 0.5) is 5.95 Å². The maximum absolute atomic E-state index is 5.41. The van der Waals surface area contributed by atoms with Crippen molar-refractivity contribution in [2.75, 3.05) is 12.8 Å². The Morgan fingerprint density at radius 3 is 2.75 bits per heavy atom. The number of nitrogen functional groups attached to an aromatic ring is 1. The van der Waals surface area contributed by atoms with E-state index in [1.54, 1.807) is 7.11 Å². The van der Waals surface area contributed by atoms with E-state index in [2.05, 4.69) is 41.3 Å². The maximum Gasteiger partial charge on any atom is 0.239 e. The van der Waals surface area contributed by atoms with Gasteiger partial charge in [0.1, 0.15) is 5.82 Å². The molecule has 4 N–H and O–H groups in total. The molecule has 0 aliphatic carbocycles. The van der Waals surface area contributed by atoms with E-state index < -0.39 is 0 Å². The second kappa shape index (κ2) is 5.27. The molecule has 0 saturated heterocycles. The van der Waals surface area contributed by atoms with Crippen molar-refractivity contribution in [3.05, 3.63) is 5.82 Å². The summed E-state index contributed by atoms with van der Waals surface area (Å²) in [5.74, 6) is 1.03. The minimum absolute atomic E-state index is 0.118. The zero-order valence-electron chi connectivity index (χ0n) is 10.4. The number of ether oxygens (including phenoxy) is 1. The third-order valence-corrected chi connectivity index (χ3v) is 2.52. The fourth-order valence-electron chi connectivity index (χ4n) is 1.55. The van der Waals surface area contributed by atoms with Crippen LogP contribution in [0.15, 0.2) is 0 Å². The number of methoxy groups -OCH3 is 1. The van der Waals surface area contributed by atoms with Crippen LogP contribution in [0, 0.1) is 0 Å². The van der Waals surface area contributed by atoms with Crippen LogP contribution >= 0.6 is 0 Å². The van der Waals surface area contributed by atoms with E-state index in [1.807, 2.05) is 0 Å². The van der Waals surface area contributed by atoms with Crippen LogP contribution in [0.1, 0.15) is 33.0 Å². The van der Waals surface area contributed by atoms with E-state index in [1.165, 1.54) is 0 Å². The highest BCUT2D eigenvalue weighted by atomic mass is 16.5. The number of aromatic nitrogens is 3. The Labute approximate surface area is 96.0 Å². The van der Waals surface area contributed by atoms with E-state index in [-0.39, 0.29) is 11.5 Å². The molecular formula is C10H21N5O. The molecular weight excluding hydrogens is 206 g/mol. The highest BCUT2D eigenvalue weighted by Crippen LogP contribution is 2.15. The summed E-state index contributed by atoms with van der Waals surface area (Å²) in [6.07, 6.45) is 0.924. The topological polar surface area (TPSA) is 88.8 Å². The van der Waals surface area contributed by atoms with Gasteiger partial charge < -0.3 is 15.8 Å². The number of nitrogens with one attached hydrogen (secondary N) is 2. The molecule has 0 fully saturated rings. The molecule has 1 atom stereocenters. The quantitative estimate of drug-likeness (QED) is 0.665. The summed E-state index contributed by atoms with van der Waals surface area (Å²) in [6.45, 7) is 6.88. The van der Waals surface area contributed by atoms with Crippen LogP contribution in [0.3, 0.4) is 0 Å². The van der Waals surface area contributed by atoms with Crippen molar-refractivity contribution < 1.29 is 4.74 Å². The number of hydrogen-bond acceptors (Lipinski definition) is 5. The molecule has 6 nitrogen and oxygen atoms in total. The van der Waals surface area contributed by atoms with E-state index >= 15 is 0 Å². The van der Waals surface area contributed by atoms with Gasteiger partial charge in [-0.3, -0.25) is 5.10 Å². The van der Waals surface area contributed by atoms with Gasteiger partial charge in [-0.25, -0.2) is 0 Å². The number of rotatable bonds is 6. The van der Waals surface area contributed by atoms with E-state index in [0.717, 1.165) is 12.2 Å². The van der Waals surface area contributed by atoms with Crippen molar-refractivity contribution in [3.8, 4) is 0 Å². The molecule has 0 amide bonds. The molecule has 0 spiro atoms. The molecule has 0 aromatic carbocycles. The fraction of sp³-hybridized carbons (Fsp3) is 0.800. The Kier molecular flexibility index (Phi) is 4.26. The highest BCUT2D eigenvalue weighted by molar-refractivity contribution is 5.12. The molecule has 1 rings (SSSR count). The summed E-state index contributed by atoms with van der Waals surface area (Å²) in [4.78, 5) is 4.02. The SMILES string of the molecule is COC(C)(C)CC(C)NCc1nc(N)n[nH]1. The van der Waals surface area contributed by atoms with Crippen LogP contribution in [-0.2, 0) is 11.3 Å². The molecule has 6 heteroatoms. The first-order valence-electron chi connectivity index (χ1n) is 5.38. The molecule has 1 aromatic rings. The minimum Gasteiger partial charge on any atom is -0.379 e. The number of nitrogens with zero attached hydrogens (tertiary/aromatic N) is 2. The first kappa shape index (κ1) is 12.9. The first-order valence-corrected chi connectivity index (χ1v) is 5.38. The lowest BCUT2D eigenvalue weighted by Crippen LogP contribution is -2.35. The minimum atomic E-state index is -0.118. The molecule has 0 radical (unpaired) electrons. The summed E-state index contributed by atoms with van der Waals surface area (Å²) >= 11 is 0. The number of aromatic amines is 1. The fourth-order valence-corrected chi connectivity index (χ4v) is 1.55. The van der Waals surface area contributed by atoms with Crippen LogP contribution in [0.2, 0.25) is 0 Å². The normalized spacial score (nSPS) is 14.0. The Hall–Kier alpha value is -1.14. The first-order chi connectivity index (χ1) is 7.43. The molecule has 1 heterocycles. The lowest BCUT2D eigenvalue weighted by Gasteiger charge is -2.26. The zero-order chi connectivity index (χ0) is 12.2. The van der Waals surface area contributed by atoms with Crippen molar-refractivity contribution in [3.63, 3.8) is 0 Å². The monoisotopic (exact) mass is 227 g/mol. The molecule has 0 saturated carbocycles. The third kappa shape index (κ3) is 4.16. The van der Waals surface area contributed by atoms with Crippen LogP contribution in [0.25, 0.3) is 0 Å². The lowest BCUT2D eigenvalue weighted by molar-refractivity contribution is 0.00839. The van der Waals surface area contributed by atoms with E-state index in [4.69, 9.17) is 10.5 Å². The second-order valence-electron chi connectivity index (χ2n) is 4.59. The van der Waals surface area contributed by atoms with Gasteiger partial charge in [0, 0.05) is 13.2 Å². The number of hydrogen-bond donors (Lipinski definition) is 3. The van der Waals surface area contributed by atoms with Gasteiger partial charge in [0.2, 0.25) is 5.95 Å². The van der Waals surface area contributed by atoms with Gasteiger partial charge in [-0.15, -0.1) is 5.10 Å². The predicted molar refractivity (Wildman–Crippen MR) is 62.8 cm³/mol. The van der Waals surface area contributed by atoms with Gasteiger partial charge in [0.05, 0.1) is 12.1 Å². The second-order valence-corrected chi connectivity index (χ2v) is 4.59. The molecule has 92 valence electrons. The van der Waals surface area contributed by atoms with Crippen molar-refractivity contribution >= 4 is 5.95 Å². The summed E-state index contributed by atoms with van der Waals surface area (Å²) in [6, 6.07) is 0.335. The number of H-pyrrole nitrogens is 1. The van der Waals surface area contributed by atoms with Gasteiger partial charge in [0.15, 0.2) is 0 Å². The van der Waals surface area contributed by atoms with Crippen LogP contribution in [0.5, 0.6) is 0 Å². The van der Waals surface area contributed by atoms with Gasteiger partial charge in [-0.05, 0) is 27.2 Å². The largest absolute Gasteiger partial charge is 0.379 e. The lowest BCUT2D eigenvalue weighted by atomic mass is 10.00. The van der Waals surface area contributed by atoms with E-state index in [0.29, 0.717) is 12.6 Å². The van der Waals surface area contributed by atoms with Crippen molar-refractivity contribution in [2.24, 2.45) is 0 Å². The van der Waals surface area contributed by atoms with E-state index in [9.17, 15) is 0 Å². The van der Waals surface area contributed by atoms with Gasteiger partial charge in [0.25, 0.3) is 0 Å². The summed E-state index contributed by atoms with van der Waals surface area (Å²) in [7, 11) is 1.73. The van der Waals surface area contributed by atoms with Crippen LogP contribution in [-0.4, -0.2) is 33.9 Å². The van der Waals surface area contributed by atoms with Crippen molar-refractivity contribution in [1.29, 1.82) is 0 Å². The molecule has 1 unspecified atom stereocenters. The average Bonchev–Trinajstić information content (AvgIpc) is 2.61. The smallest absolute Gasteiger partial charge is 0.239 e. The standard InChI is InChI=1S/C10H21N5O/c1-7(5-10(2,3)16-4)12-6-8-13-9(11)15-14-8/h7,12H,5-6H2,1-4H3,(H3,11,13,14,15). The Morgan fingerprint density at radius 2 is 2.25 bits per heavy atom. The Bertz CT molecular complexity index is 323. The van der Waals surface area contributed by atoms with Crippen LogP contribution < -0.4 is 11.1 Å². The van der Waals surface area contributed by atoms with Crippen molar-refractivity contribution in [1.82, 2.24) is 20.5 Å². The Balaban J connectivity index is 2.33. The van der Waals surface area contributed by atoms with Crippen molar-refractivity contribution in [2.45, 2.75) is 45.4 Å². The van der Waals surface area contributed by atoms with Gasteiger partial charge >= 0.3 is 0 Å². The summed E-state index contributed by atoms with van der Waals surface area (Å²) in [5.41, 5.74) is 5.29. The number of anilines is 1. The third-order valence-electron chi connectivity index (χ3n) is 2.52. The average molecular weight is 227 g/mol. The molecule has 1 aromatic heterocycles. The van der Waals surface area contributed by atoms with Gasteiger partial charge in [-0.1, -0.05) is 0 Å². The summed E-state index contributed by atoms with van der Waals surface area (Å²) in [5, 5.41) is 9.85.